The number of benzene rings is 1. The molecule has 0 aromatic heterocycles. The van der Waals surface area contributed by atoms with Crippen LogP contribution in [-0.2, 0) is 11.2 Å². The Kier molecular flexibility index (Phi) is 6.33. The van der Waals surface area contributed by atoms with Gasteiger partial charge in [0.15, 0.2) is 0 Å². The lowest BCUT2D eigenvalue weighted by molar-refractivity contribution is -0.0112. The SMILES string of the molecule is CCC(N)Cc1ccc(OCC2CCCCO2)c(Br)c1. The van der Waals surface area contributed by atoms with Crippen LogP contribution in [0.1, 0.15) is 38.2 Å². The maximum absolute atomic E-state index is 5.99. The molecule has 4 heteroatoms. The fourth-order valence-electron chi connectivity index (χ4n) is 2.36. The molecular weight excluding hydrogens is 318 g/mol. The summed E-state index contributed by atoms with van der Waals surface area (Å²) in [4.78, 5) is 0. The highest BCUT2D eigenvalue weighted by Crippen LogP contribution is 2.27. The second-order valence-electron chi connectivity index (χ2n) is 5.44. The van der Waals surface area contributed by atoms with E-state index in [-0.39, 0.29) is 12.1 Å². The Labute approximate surface area is 130 Å². The molecule has 0 amide bonds. The summed E-state index contributed by atoms with van der Waals surface area (Å²) in [7, 11) is 0. The van der Waals surface area contributed by atoms with Gasteiger partial charge in [-0.25, -0.2) is 0 Å². The molecule has 2 atom stereocenters. The predicted molar refractivity (Wildman–Crippen MR) is 85.2 cm³/mol. The lowest BCUT2D eigenvalue weighted by Gasteiger charge is -2.23. The van der Waals surface area contributed by atoms with Gasteiger partial charge in [0.2, 0.25) is 0 Å². The summed E-state index contributed by atoms with van der Waals surface area (Å²) in [6.07, 6.45) is 5.65. The van der Waals surface area contributed by atoms with E-state index in [9.17, 15) is 0 Å². The van der Waals surface area contributed by atoms with Crippen molar-refractivity contribution in [2.75, 3.05) is 13.2 Å². The predicted octanol–water partition coefficient (Wildman–Crippen LogP) is 3.68. The quantitative estimate of drug-likeness (QED) is 0.858. The zero-order valence-corrected chi connectivity index (χ0v) is 13.7. The lowest BCUT2D eigenvalue weighted by Crippen LogP contribution is -2.25. The van der Waals surface area contributed by atoms with E-state index in [1.54, 1.807) is 0 Å². The number of nitrogens with two attached hydrogens (primary N) is 1. The molecule has 0 saturated carbocycles. The Hall–Kier alpha value is -0.580. The molecule has 2 rings (SSSR count). The average molecular weight is 342 g/mol. The van der Waals surface area contributed by atoms with Crippen LogP contribution >= 0.6 is 15.9 Å². The number of ether oxygens (including phenoxy) is 2. The van der Waals surface area contributed by atoms with E-state index < -0.39 is 0 Å². The molecule has 0 bridgehead atoms. The molecule has 1 saturated heterocycles. The van der Waals surface area contributed by atoms with Crippen LogP contribution < -0.4 is 10.5 Å². The molecule has 1 aliphatic rings. The molecule has 0 radical (unpaired) electrons. The van der Waals surface area contributed by atoms with Gasteiger partial charge in [-0.15, -0.1) is 0 Å². The minimum atomic E-state index is 0.226. The van der Waals surface area contributed by atoms with Crippen molar-refractivity contribution >= 4 is 15.9 Å². The lowest BCUT2D eigenvalue weighted by atomic mass is 10.0. The topological polar surface area (TPSA) is 44.5 Å². The first-order valence-corrected chi connectivity index (χ1v) is 8.26. The zero-order chi connectivity index (χ0) is 14.4. The van der Waals surface area contributed by atoms with Crippen LogP contribution in [0.2, 0.25) is 0 Å². The summed E-state index contributed by atoms with van der Waals surface area (Å²) in [6.45, 7) is 3.61. The summed E-state index contributed by atoms with van der Waals surface area (Å²) in [5, 5.41) is 0. The summed E-state index contributed by atoms with van der Waals surface area (Å²) in [5.41, 5.74) is 7.23. The van der Waals surface area contributed by atoms with Gasteiger partial charge in [0, 0.05) is 12.6 Å². The summed E-state index contributed by atoms with van der Waals surface area (Å²) >= 11 is 3.58. The van der Waals surface area contributed by atoms with Crippen LogP contribution in [0.4, 0.5) is 0 Å². The van der Waals surface area contributed by atoms with E-state index in [1.807, 2.05) is 6.07 Å². The highest BCUT2D eigenvalue weighted by atomic mass is 79.9. The molecule has 0 spiro atoms. The van der Waals surface area contributed by atoms with Gasteiger partial charge in [0.1, 0.15) is 12.4 Å². The molecule has 112 valence electrons. The highest BCUT2D eigenvalue weighted by Gasteiger charge is 2.15. The minimum Gasteiger partial charge on any atom is -0.490 e. The van der Waals surface area contributed by atoms with Gasteiger partial charge < -0.3 is 15.2 Å². The van der Waals surface area contributed by atoms with Crippen LogP contribution in [0.15, 0.2) is 22.7 Å². The van der Waals surface area contributed by atoms with E-state index in [2.05, 4.69) is 35.0 Å². The van der Waals surface area contributed by atoms with Crippen molar-refractivity contribution in [1.29, 1.82) is 0 Å². The van der Waals surface area contributed by atoms with Crippen LogP contribution in [0, 0.1) is 0 Å². The Bertz CT molecular complexity index is 419. The highest BCUT2D eigenvalue weighted by molar-refractivity contribution is 9.10. The number of rotatable bonds is 6. The Morgan fingerprint density at radius 1 is 1.45 bits per heavy atom. The second kappa shape index (κ2) is 8.01. The Morgan fingerprint density at radius 2 is 2.30 bits per heavy atom. The van der Waals surface area contributed by atoms with Crippen LogP contribution in [-0.4, -0.2) is 25.4 Å². The van der Waals surface area contributed by atoms with E-state index in [0.29, 0.717) is 6.61 Å². The number of hydrogen-bond donors (Lipinski definition) is 1. The van der Waals surface area contributed by atoms with Gasteiger partial charge in [0.05, 0.1) is 10.6 Å². The molecule has 1 heterocycles. The van der Waals surface area contributed by atoms with Gasteiger partial charge in [-0.05, 0) is 65.7 Å². The van der Waals surface area contributed by atoms with Gasteiger partial charge in [-0.1, -0.05) is 13.0 Å². The zero-order valence-electron chi connectivity index (χ0n) is 12.1. The Morgan fingerprint density at radius 3 is 2.95 bits per heavy atom. The molecule has 1 fully saturated rings. The van der Waals surface area contributed by atoms with Crippen molar-refractivity contribution in [2.24, 2.45) is 5.73 Å². The molecular formula is C16H24BrNO2. The van der Waals surface area contributed by atoms with Crippen molar-refractivity contribution < 1.29 is 9.47 Å². The van der Waals surface area contributed by atoms with Crippen molar-refractivity contribution in [2.45, 2.75) is 51.2 Å². The van der Waals surface area contributed by atoms with Crippen molar-refractivity contribution in [3.8, 4) is 5.75 Å². The molecule has 0 aliphatic carbocycles. The minimum absolute atomic E-state index is 0.226. The first kappa shape index (κ1) is 15.8. The third-order valence-electron chi connectivity index (χ3n) is 3.72. The molecule has 1 aromatic carbocycles. The van der Waals surface area contributed by atoms with Gasteiger partial charge >= 0.3 is 0 Å². The van der Waals surface area contributed by atoms with E-state index in [4.69, 9.17) is 15.2 Å². The van der Waals surface area contributed by atoms with Crippen LogP contribution in [0.5, 0.6) is 5.75 Å². The first-order chi connectivity index (χ1) is 9.69. The van der Waals surface area contributed by atoms with Crippen molar-refractivity contribution in [3.63, 3.8) is 0 Å². The molecule has 1 aliphatic heterocycles. The fraction of sp³-hybridized carbons (Fsp3) is 0.625. The third-order valence-corrected chi connectivity index (χ3v) is 4.34. The number of halogens is 1. The monoisotopic (exact) mass is 341 g/mol. The first-order valence-electron chi connectivity index (χ1n) is 7.47. The fourth-order valence-corrected chi connectivity index (χ4v) is 2.90. The average Bonchev–Trinajstić information content (AvgIpc) is 2.47. The standard InChI is InChI=1S/C16H24BrNO2/c1-2-13(18)9-12-6-7-16(15(17)10-12)20-11-14-5-3-4-8-19-14/h6-7,10,13-14H,2-5,8-9,11,18H2,1H3. The second-order valence-corrected chi connectivity index (χ2v) is 6.29. The van der Waals surface area contributed by atoms with Crippen molar-refractivity contribution in [3.05, 3.63) is 28.2 Å². The smallest absolute Gasteiger partial charge is 0.133 e. The van der Waals surface area contributed by atoms with Crippen molar-refractivity contribution in [1.82, 2.24) is 0 Å². The maximum atomic E-state index is 5.99. The molecule has 1 aromatic rings. The van der Waals surface area contributed by atoms with Gasteiger partial charge in [-0.3, -0.25) is 0 Å². The van der Waals surface area contributed by atoms with Crippen LogP contribution in [0.3, 0.4) is 0 Å². The van der Waals surface area contributed by atoms with E-state index >= 15 is 0 Å². The van der Waals surface area contributed by atoms with Crippen LogP contribution in [0.25, 0.3) is 0 Å². The summed E-state index contributed by atoms with van der Waals surface area (Å²) < 4.78 is 12.5. The number of hydrogen-bond acceptors (Lipinski definition) is 3. The van der Waals surface area contributed by atoms with E-state index in [0.717, 1.165) is 36.1 Å². The molecule has 2 N–H and O–H groups in total. The Balaban J connectivity index is 1.88. The summed E-state index contributed by atoms with van der Waals surface area (Å²) in [6, 6.07) is 6.44. The summed E-state index contributed by atoms with van der Waals surface area (Å²) in [5.74, 6) is 0.882. The molecule has 20 heavy (non-hydrogen) atoms. The molecule has 3 nitrogen and oxygen atoms in total. The maximum Gasteiger partial charge on any atom is 0.133 e. The normalized spacial score (nSPS) is 20.6. The van der Waals surface area contributed by atoms with E-state index in [1.165, 1.54) is 18.4 Å². The van der Waals surface area contributed by atoms with Gasteiger partial charge in [-0.2, -0.15) is 0 Å². The largest absolute Gasteiger partial charge is 0.490 e. The third kappa shape index (κ3) is 4.76. The molecule has 2 unspecified atom stereocenters. The van der Waals surface area contributed by atoms with Gasteiger partial charge in [0.25, 0.3) is 0 Å².